The molecule has 0 bridgehead atoms. The van der Waals surface area contributed by atoms with Crippen LogP contribution < -0.4 is 10.6 Å². The summed E-state index contributed by atoms with van der Waals surface area (Å²) in [7, 11) is 1.26. The molecule has 2 heterocycles. The predicted octanol–water partition coefficient (Wildman–Crippen LogP) is 2.50. The maximum Gasteiger partial charge on any atom is 0.357 e. The molecule has 1 fully saturated rings. The van der Waals surface area contributed by atoms with Gasteiger partial charge in [0.15, 0.2) is 10.8 Å². The molecule has 1 aromatic heterocycles. The molecule has 1 aromatic carbocycles. The van der Waals surface area contributed by atoms with Crippen LogP contribution >= 0.6 is 11.3 Å². The number of benzene rings is 1. The van der Waals surface area contributed by atoms with Gasteiger partial charge in [-0.3, -0.25) is 14.5 Å². The smallest absolute Gasteiger partial charge is 0.357 e. The molecule has 2 aromatic rings. The van der Waals surface area contributed by atoms with Crippen LogP contribution in [0.3, 0.4) is 0 Å². The first-order valence-electron chi connectivity index (χ1n) is 9.34. The molecule has 0 aliphatic carbocycles. The lowest BCUT2D eigenvalue weighted by Crippen LogP contribution is -2.34. The largest absolute Gasteiger partial charge is 0.464 e. The molecule has 1 saturated heterocycles. The van der Waals surface area contributed by atoms with Crippen LogP contribution in [0.25, 0.3) is 0 Å². The van der Waals surface area contributed by atoms with Crippen molar-refractivity contribution in [1.29, 1.82) is 0 Å². The summed E-state index contributed by atoms with van der Waals surface area (Å²) in [5.41, 5.74) is 0.970. The fraction of sp³-hybridized carbons (Fsp3) is 0.350. The van der Waals surface area contributed by atoms with Gasteiger partial charge in [-0.15, -0.1) is 11.3 Å². The SMILES string of the molecule is COC(=O)c1nc(NC(=O)C[C@H]2NC(=O)N(Cc3ccccc3)C2=O)sc1C(C)C. The molecule has 30 heavy (non-hydrogen) atoms. The summed E-state index contributed by atoms with van der Waals surface area (Å²) in [6, 6.07) is 7.62. The van der Waals surface area contributed by atoms with Crippen LogP contribution in [0.4, 0.5) is 9.93 Å². The molecule has 158 valence electrons. The van der Waals surface area contributed by atoms with E-state index < -0.39 is 29.9 Å². The Labute approximate surface area is 177 Å². The lowest BCUT2D eigenvalue weighted by molar-refractivity contribution is -0.130. The van der Waals surface area contributed by atoms with Crippen molar-refractivity contribution in [3.8, 4) is 0 Å². The number of ether oxygens (including phenoxy) is 1. The molecule has 1 atom stereocenters. The van der Waals surface area contributed by atoms with Gasteiger partial charge in [0.25, 0.3) is 5.91 Å². The first-order valence-corrected chi connectivity index (χ1v) is 10.2. The summed E-state index contributed by atoms with van der Waals surface area (Å²) in [6.07, 6.45) is -0.236. The van der Waals surface area contributed by atoms with E-state index >= 15 is 0 Å². The van der Waals surface area contributed by atoms with Crippen LogP contribution in [0.15, 0.2) is 30.3 Å². The molecule has 0 spiro atoms. The molecule has 0 radical (unpaired) electrons. The van der Waals surface area contributed by atoms with E-state index in [4.69, 9.17) is 4.74 Å². The van der Waals surface area contributed by atoms with E-state index in [1.165, 1.54) is 18.4 Å². The number of aromatic nitrogens is 1. The van der Waals surface area contributed by atoms with Crippen molar-refractivity contribution in [2.45, 2.75) is 38.8 Å². The number of carbonyl (C=O) groups is 4. The van der Waals surface area contributed by atoms with E-state index in [2.05, 4.69) is 15.6 Å². The first kappa shape index (κ1) is 21.4. The Hall–Kier alpha value is -3.27. The van der Waals surface area contributed by atoms with Gasteiger partial charge in [-0.25, -0.2) is 14.6 Å². The van der Waals surface area contributed by atoms with Gasteiger partial charge in [-0.2, -0.15) is 0 Å². The molecule has 9 nitrogen and oxygen atoms in total. The van der Waals surface area contributed by atoms with Crippen molar-refractivity contribution in [1.82, 2.24) is 15.2 Å². The van der Waals surface area contributed by atoms with Crippen molar-refractivity contribution in [2.24, 2.45) is 0 Å². The summed E-state index contributed by atoms with van der Waals surface area (Å²) >= 11 is 1.17. The zero-order chi connectivity index (χ0) is 21.8. The molecule has 0 unspecified atom stereocenters. The van der Waals surface area contributed by atoms with Crippen LogP contribution in [0.2, 0.25) is 0 Å². The van der Waals surface area contributed by atoms with Crippen LogP contribution in [0.1, 0.15) is 47.1 Å². The number of nitrogens with one attached hydrogen (secondary N) is 2. The van der Waals surface area contributed by atoms with Crippen molar-refractivity contribution in [2.75, 3.05) is 12.4 Å². The average molecular weight is 430 g/mol. The Balaban J connectivity index is 1.64. The third kappa shape index (κ3) is 4.65. The average Bonchev–Trinajstić information content (AvgIpc) is 3.25. The Morgan fingerprint density at radius 3 is 2.60 bits per heavy atom. The number of carbonyl (C=O) groups excluding carboxylic acids is 4. The van der Waals surface area contributed by atoms with Crippen molar-refractivity contribution < 1.29 is 23.9 Å². The topological polar surface area (TPSA) is 118 Å². The Bertz CT molecular complexity index is 973. The number of hydrogen-bond donors (Lipinski definition) is 2. The highest BCUT2D eigenvalue weighted by Gasteiger charge is 2.39. The minimum absolute atomic E-state index is 0.0181. The van der Waals surface area contributed by atoms with E-state index in [1.807, 2.05) is 44.2 Å². The molecule has 1 aliphatic heterocycles. The molecule has 0 saturated carbocycles. The van der Waals surface area contributed by atoms with Crippen LogP contribution in [-0.4, -0.2) is 46.9 Å². The number of anilines is 1. The number of thiazole rings is 1. The van der Waals surface area contributed by atoms with Gasteiger partial charge in [0.05, 0.1) is 20.1 Å². The quantitative estimate of drug-likeness (QED) is 0.515. The minimum atomic E-state index is -0.953. The van der Waals surface area contributed by atoms with Gasteiger partial charge in [-0.1, -0.05) is 44.2 Å². The molecule has 4 amide bonds. The predicted molar refractivity (Wildman–Crippen MR) is 110 cm³/mol. The molecular weight excluding hydrogens is 408 g/mol. The second-order valence-corrected chi connectivity index (χ2v) is 8.07. The first-order chi connectivity index (χ1) is 14.3. The summed E-state index contributed by atoms with van der Waals surface area (Å²) in [6.45, 7) is 3.94. The maximum atomic E-state index is 12.6. The highest BCUT2D eigenvalue weighted by Crippen LogP contribution is 2.30. The Morgan fingerprint density at radius 1 is 1.27 bits per heavy atom. The third-order valence-electron chi connectivity index (χ3n) is 4.48. The number of esters is 1. The van der Waals surface area contributed by atoms with E-state index in [0.717, 1.165) is 10.5 Å². The summed E-state index contributed by atoms with van der Waals surface area (Å²) < 4.78 is 4.73. The lowest BCUT2D eigenvalue weighted by Gasteiger charge is -2.12. The number of amides is 4. The summed E-state index contributed by atoms with van der Waals surface area (Å²) in [5, 5.41) is 5.38. The molecule has 10 heteroatoms. The molecular formula is C20H22N4O5S. The Kier molecular flexibility index (Phi) is 6.46. The number of imide groups is 1. The van der Waals surface area contributed by atoms with Gasteiger partial charge >= 0.3 is 12.0 Å². The van der Waals surface area contributed by atoms with Crippen molar-refractivity contribution in [3.05, 3.63) is 46.5 Å². The normalized spacial score (nSPS) is 16.0. The van der Waals surface area contributed by atoms with Crippen LogP contribution in [0.5, 0.6) is 0 Å². The van der Waals surface area contributed by atoms with Gasteiger partial charge in [0.2, 0.25) is 5.91 Å². The fourth-order valence-electron chi connectivity index (χ4n) is 3.01. The van der Waals surface area contributed by atoms with Crippen molar-refractivity contribution >= 4 is 40.3 Å². The fourth-order valence-corrected chi connectivity index (χ4v) is 3.98. The number of methoxy groups -OCH3 is 1. The summed E-state index contributed by atoms with van der Waals surface area (Å²) in [5.74, 6) is -1.51. The maximum absolute atomic E-state index is 12.6. The lowest BCUT2D eigenvalue weighted by atomic mass is 10.1. The standard InChI is InChI=1S/C20H22N4O5S/c1-11(2)16-15(18(27)29-3)23-19(30-16)22-14(25)9-13-17(26)24(20(28)21-13)10-12-7-5-4-6-8-12/h4-8,11,13H,9-10H2,1-3H3,(H,21,28)(H,22,23,25)/t13-/m1/s1. The van der Waals surface area contributed by atoms with Gasteiger partial charge in [0, 0.05) is 4.88 Å². The molecule has 1 aliphatic rings. The van der Waals surface area contributed by atoms with E-state index in [0.29, 0.717) is 4.88 Å². The molecule has 2 N–H and O–H groups in total. The number of rotatable bonds is 7. The van der Waals surface area contributed by atoms with Gasteiger partial charge < -0.3 is 15.4 Å². The number of hydrogen-bond acceptors (Lipinski definition) is 7. The zero-order valence-corrected chi connectivity index (χ0v) is 17.6. The highest BCUT2D eigenvalue weighted by atomic mass is 32.1. The number of nitrogens with zero attached hydrogens (tertiary/aromatic N) is 2. The number of urea groups is 1. The van der Waals surface area contributed by atoms with Crippen molar-refractivity contribution in [3.63, 3.8) is 0 Å². The van der Waals surface area contributed by atoms with Crippen LogP contribution in [0, 0.1) is 0 Å². The Morgan fingerprint density at radius 2 is 1.97 bits per heavy atom. The molecule has 3 rings (SSSR count). The monoisotopic (exact) mass is 430 g/mol. The van der Waals surface area contributed by atoms with Crippen LogP contribution in [-0.2, 0) is 20.9 Å². The van der Waals surface area contributed by atoms with E-state index in [9.17, 15) is 19.2 Å². The second-order valence-electron chi connectivity index (χ2n) is 7.04. The van der Waals surface area contributed by atoms with Gasteiger partial charge in [0.1, 0.15) is 6.04 Å². The van der Waals surface area contributed by atoms with E-state index in [-0.39, 0.29) is 29.7 Å². The zero-order valence-electron chi connectivity index (χ0n) is 16.8. The van der Waals surface area contributed by atoms with E-state index in [1.54, 1.807) is 0 Å². The summed E-state index contributed by atoms with van der Waals surface area (Å²) in [4.78, 5) is 55.0. The van der Waals surface area contributed by atoms with Gasteiger partial charge in [-0.05, 0) is 11.5 Å². The second kappa shape index (κ2) is 9.04. The highest BCUT2D eigenvalue weighted by molar-refractivity contribution is 7.16. The third-order valence-corrected chi connectivity index (χ3v) is 5.75. The minimum Gasteiger partial charge on any atom is -0.464 e.